The minimum Gasteiger partial charge on any atom is -0.351 e. The van der Waals surface area contributed by atoms with E-state index in [1.54, 1.807) is 0 Å². The number of carbonyl (C=O) groups excluding carboxylic acids is 1. The van der Waals surface area contributed by atoms with Gasteiger partial charge in [0, 0.05) is 23.8 Å². The highest BCUT2D eigenvalue weighted by atomic mass is 16.2. The van der Waals surface area contributed by atoms with E-state index in [0.29, 0.717) is 12.1 Å². The minimum absolute atomic E-state index is 0.232. The second kappa shape index (κ2) is 6.91. The van der Waals surface area contributed by atoms with Crippen LogP contribution in [0.25, 0.3) is 0 Å². The molecule has 0 aliphatic carbocycles. The van der Waals surface area contributed by atoms with Gasteiger partial charge in [0.1, 0.15) is 0 Å². The van der Waals surface area contributed by atoms with E-state index in [-0.39, 0.29) is 6.04 Å². The molecule has 0 spiro atoms. The summed E-state index contributed by atoms with van der Waals surface area (Å²) in [5.74, 6) is 0. The molecule has 2 rings (SSSR count). The molecule has 0 saturated carbocycles. The summed E-state index contributed by atoms with van der Waals surface area (Å²) in [5.41, 5.74) is 10.6. The largest absolute Gasteiger partial charge is 0.351 e. The first-order valence-electron chi connectivity index (χ1n) is 7.68. The first kappa shape index (κ1) is 15.8. The molecule has 1 aliphatic heterocycles. The van der Waals surface area contributed by atoms with Crippen molar-refractivity contribution in [1.82, 2.24) is 10.4 Å². The summed E-state index contributed by atoms with van der Waals surface area (Å²) < 4.78 is 0. The van der Waals surface area contributed by atoms with Crippen LogP contribution in [0.1, 0.15) is 51.6 Å². The van der Waals surface area contributed by atoms with E-state index in [0.717, 1.165) is 5.69 Å². The first-order valence-corrected chi connectivity index (χ1v) is 7.68. The van der Waals surface area contributed by atoms with Gasteiger partial charge in [-0.3, -0.25) is 0 Å². The Morgan fingerprint density at radius 3 is 2.33 bits per heavy atom. The lowest BCUT2D eigenvalue weighted by Gasteiger charge is -2.41. The third-order valence-corrected chi connectivity index (χ3v) is 4.21. The Morgan fingerprint density at radius 1 is 1.24 bits per heavy atom. The van der Waals surface area contributed by atoms with Crippen LogP contribution >= 0.6 is 0 Å². The predicted octanol–water partition coefficient (Wildman–Crippen LogP) is 3.01. The number of nitrogens with two attached hydrogens (primary N) is 1. The smallest absolute Gasteiger partial charge is 0.316 e. The van der Waals surface area contributed by atoms with Crippen LogP contribution in [0, 0.1) is 0 Å². The molecule has 1 aromatic carbocycles. The summed E-state index contributed by atoms with van der Waals surface area (Å²) in [7, 11) is 0. The van der Waals surface area contributed by atoms with Gasteiger partial charge in [-0.15, -0.1) is 0 Å². The van der Waals surface area contributed by atoms with Crippen molar-refractivity contribution in [2.75, 3.05) is 5.32 Å². The summed E-state index contributed by atoms with van der Waals surface area (Å²) in [4.78, 5) is 10.8. The van der Waals surface area contributed by atoms with Crippen LogP contribution in [0.2, 0.25) is 0 Å². The molecule has 1 aromatic rings. The third-order valence-electron chi connectivity index (χ3n) is 4.21. The van der Waals surface area contributed by atoms with Crippen LogP contribution in [-0.4, -0.2) is 23.1 Å². The Labute approximate surface area is 126 Å². The van der Waals surface area contributed by atoms with Crippen LogP contribution in [0.5, 0.6) is 0 Å². The van der Waals surface area contributed by atoms with E-state index >= 15 is 0 Å². The number of hydrogen-bond acceptors (Lipinski definition) is 3. The Morgan fingerprint density at radius 2 is 1.81 bits per heavy atom. The van der Waals surface area contributed by atoms with Crippen molar-refractivity contribution in [3.63, 3.8) is 0 Å². The van der Waals surface area contributed by atoms with Crippen molar-refractivity contribution in [3.8, 4) is 0 Å². The highest BCUT2D eigenvalue weighted by Gasteiger charge is 2.25. The number of hydrogen-bond donors (Lipinski definition) is 3. The van der Waals surface area contributed by atoms with Gasteiger partial charge in [-0.2, -0.15) is 0 Å². The van der Waals surface area contributed by atoms with Crippen molar-refractivity contribution in [2.45, 2.75) is 58.2 Å². The number of primary amides is 1. The zero-order chi connectivity index (χ0) is 15.4. The molecule has 0 bridgehead atoms. The topological polar surface area (TPSA) is 70.4 Å². The van der Waals surface area contributed by atoms with E-state index in [1.807, 2.05) is 24.3 Å². The number of benzene rings is 1. The number of carbonyl (C=O) groups is 1. The van der Waals surface area contributed by atoms with Crippen molar-refractivity contribution in [3.05, 3.63) is 29.8 Å². The number of piperidine rings is 1. The number of anilines is 1. The van der Waals surface area contributed by atoms with E-state index in [2.05, 4.69) is 36.5 Å². The average molecular weight is 290 g/mol. The Bertz CT molecular complexity index is 464. The molecule has 2 amide bonds. The molecule has 116 valence electrons. The zero-order valence-corrected chi connectivity index (χ0v) is 13.1. The normalized spacial score (nSPS) is 24.5. The molecule has 5 heteroatoms. The molecule has 21 heavy (non-hydrogen) atoms. The van der Waals surface area contributed by atoms with Crippen LogP contribution < -0.4 is 16.5 Å². The fourth-order valence-corrected chi connectivity index (χ4v) is 2.97. The maximum atomic E-state index is 10.8. The third kappa shape index (κ3) is 4.19. The van der Waals surface area contributed by atoms with Gasteiger partial charge >= 0.3 is 6.03 Å². The van der Waals surface area contributed by atoms with Crippen LogP contribution in [0.4, 0.5) is 10.5 Å². The predicted molar refractivity (Wildman–Crippen MR) is 85.8 cm³/mol. The molecule has 0 aromatic heterocycles. The first-order chi connectivity index (χ1) is 9.97. The lowest BCUT2D eigenvalue weighted by molar-refractivity contribution is 0.0320. The molecule has 5 nitrogen and oxygen atoms in total. The van der Waals surface area contributed by atoms with Gasteiger partial charge in [0.25, 0.3) is 0 Å². The van der Waals surface area contributed by atoms with Gasteiger partial charge in [0.15, 0.2) is 0 Å². The van der Waals surface area contributed by atoms with Gasteiger partial charge in [0.2, 0.25) is 0 Å². The number of amides is 2. The lowest BCUT2D eigenvalue weighted by atomic mass is 9.99. The second-order valence-corrected chi connectivity index (χ2v) is 6.00. The number of nitrogens with zero attached hydrogens (tertiary/aromatic N) is 1. The SMILES string of the molecule is CC(NN1C(C)CCCC1C)c1ccc(NC(N)=O)cc1. The monoisotopic (exact) mass is 290 g/mol. The summed E-state index contributed by atoms with van der Waals surface area (Å²) in [6.07, 6.45) is 3.79. The fourth-order valence-electron chi connectivity index (χ4n) is 2.97. The van der Waals surface area contributed by atoms with Gasteiger partial charge in [-0.1, -0.05) is 18.6 Å². The minimum atomic E-state index is -0.537. The molecule has 3 atom stereocenters. The van der Waals surface area contributed by atoms with Gasteiger partial charge in [-0.25, -0.2) is 15.2 Å². The highest BCUT2D eigenvalue weighted by molar-refractivity contribution is 5.87. The molecule has 1 saturated heterocycles. The fraction of sp³-hybridized carbons (Fsp3) is 0.562. The van der Waals surface area contributed by atoms with E-state index in [1.165, 1.54) is 24.8 Å². The number of rotatable bonds is 4. The van der Waals surface area contributed by atoms with Crippen molar-refractivity contribution >= 4 is 11.7 Å². The molecule has 4 N–H and O–H groups in total. The quantitative estimate of drug-likeness (QED) is 0.798. The van der Waals surface area contributed by atoms with Gasteiger partial charge in [0.05, 0.1) is 0 Å². The molecule has 1 heterocycles. The Balaban J connectivity index is 1.99. The molecule has 3 unspecified atom stereocenters. The van der Waals surface area contributed by atoms with Crippen molar-refractivity contribution in [2.24, 2.45) is 5.73 Å². The lowest BCUT2D eigenvalue weighted by Crippen LogP contribution is -2.52. The number of nitrogens with one attached hydrogen (secondary N) is 2. The highest BCUT2D eigenvalue weighted by Crippen LogP contribution is 2.23. The molecule has 1 aliphatic rings. The van der Waals surface area contributed by atoms with Crippen molar-refractivity contribution < 1.29 is 4.79 Å². The maximum absolute atomic E-state index is 10.8. The van der Waals surface area contributed by atoms with Crippen molar-refractivity contribution in [1.29, 1.82) is 0 Å². The zero-order valence-electron chi connectivity index (χ0n) is 13.1. The van der Waals surface area contributed by atoms with Gasteiger partial charge < -0.3 is 11.1 Å². The van der Waals surface area contributed by atoms with E-state index < -0.39 is 6.03 Å². The summed E-state index contributed by atoms with van der Waals surface area (Å²) in [6.45, 7) is 6.70. The second-order valence-electron chi connectivity index (χ2n) is 6.00. The van der Waals surface area contributed by atoms with E-state index in [9.17, 15) is 4.79 Å². The van der Waals surface area contributed by atoms with E-state index in [4.69, 9.17) is 5.73 Å². The van der Waals surface area contributed by atoms with Crippen LogP contribution in [0.15, 0.2) is 24.3 Å². The number of hydrazine groups is 1. The average Bonchev–Trinajstić information content (AvgIpc) is 2.43. The van der Waals surface area contributed by atoms with Crippen LogP contribution in [-0.2, 0) is 0 Å². The van der Waals surface area contributed by atoms with Crippen LogP contribution in [0.3, 0.4) is 0 Å². The van der Waals surface area contributed by atoms with Gasteiger partial charge in [-0.05, 0) is 51.3 Å². The summed E-state index contributed by atoms with van der Waals surface area (Å²) >= 11 is 0. The molecular formula is C16H26N4O. The maximum Gasteiger partial charge on any atom is 0.316 e. The Kier molecular flexibility index (Phi) is 5.20. The molecular weight excluding hydrogens is 264 g/mol. The molecule has 1 fully saturated rings. The Hall–Kier alpha value is -1.59. The standard InChI is InChI=1S/C16H26N4O/c1-11-5-4-6-12(2)20(11)19-13(3)14-7-9-15(10-8-14)18-16(17)21/h7-13,19H,4-6H2,1-3H3,(H3,17,18,21). The number of urea groups is 1. The summed E-state index contributed by atoms with van der Waals surface area (Å²) in [6, 6.07) is 8.60. The summed E-state index contributed by atoms with van der Waals surface area (Å²) in [5, 5.41) is 4.95. The molecule has 0 radical (unpaired) electrons.